The van der Waals surface area contributed by atoms with Crippen LogP contribution in [0.4, 0.5) is 0 Å². The van der Waals surface area contributed by atoms with Crippen molar-refractivity contribution >= 4 is 10.0 Å². The van der Waals surface area contributed by atoms with Gasteiger partial charge in [0.05, 0.1) is 5.25 Å². The Hall–Kier alpha value is -0.130. The predicted molar refractivity (Wildman–Crippen MR) is 80.6 cm³/mol. The van der Waals surface area contributed by atoms with Crippen molar-refractivity contribution in [2.75, 3.05) is 6.54 Å². The predicted octanol–water partition coefficient (Wildman–Crippen LogP) is 2.12. The van der Waals surface area contributed by atoms with E-state index in [1.54, 1.807) is 6.92 Å². The van der Waals surface area contributed by atoms with Gasteiger partial charge in [0.25, 0.3) is 0 Å². The molecule has 0 aromatic carbocycles. The summed E-state index contributed by atoms with van der Waals surface area (Å²) in [6.45, 7) is 10.8. The second-order valence-corrected chi connectivity index (χ2v) is 8.63. The first kappa shape index (κ1) is 16.9. The van der Waals surface area contributed by atoms with E-state index in [0.29, 0.717) is 24.4 Å². The maximum absolute atomic E-state index is 12.2. The summed E-state index contributed by atoms with van der Waals surface area (Å²) >= 11 is 0. The van der Waals surface area contributed by atoms with E-state index in [0.717, 1.165) is 19.3 Å². The van der Waals surface area contributed by atoms with Gasteiger partial charge < -0.3 is 5.32 Å². The molecule has 4 atom stereocenters. The van der Waals surface area contributed by atoms with Gasteiger partial charge in [-0.2, -0.15) is 0 Å². The highest BCUT2D eigenvalue weighted by atomic mass is 32.2. The molecule has 1 aliphatic rings. The summed E-state index contributed by atoms with van der Waals surface area (Å²) in [5.74, 6) is 1.31. The Balaban J connectivity index is 2.50. The van der Waals surface area contributed by atoms with Crippen LogP contribution in [0.3, 0.4) is 0 Å². The quantitative estimate of drug-likeness (QED) is 0.788. The van der Waals surface area contributed by atoms with E-state index in [4.69, 9.17) is 0 Å². The van der Waals surface area contributed by atoms with E-state index in [-0.39, 0.29) is 11.3 Å². The Kier molecular flexibility index (Phi) is 6.27. The van der Waals surface area contributed by atoms with Crippen molar-refractivity contribution in [2.45, 2.75) is 71.2 Å². The van der Waals surface area contributed by atoms with Crippen molar-refractivity contribution in [3.63, 3.8) is 0 Å². The second kappa shape index (κ2) is 7.04. The first-order chi connectivity index (χ1) is 8.72. The third kappa shape index (κ3) is 5.40. The minimum atomic E-state index is -3.21. The normalized spacial score (nSPS) is 30.5. The number of nitrogens with one attached hydrogen (secondary N) is 2. The highest BCUT2D eigenvalue weighted by Gasteiger charge is 2.29. The fourth-order valence-electron chi connectivity index (χ4n) is 2.51. The molecule has 0 radical (unpaired) electrons. The lowest BCUT2D eigenvalue weighted by Gasteiger charge is -2.33. The van der Waals surface area contributed by atoms with Crippen molar-refractivity contribution in [3.05, 3.63) is 0 Å². The summed E-state index contributed by atoms with van der Waals surface area (Å²) in [7, 11) is -3.21. The molecular formula is C14H30N2O2S. The molecule has 1 saturated carbocycles. The molecule has 5 heteroatoms. The van der Waals surface area contributed by atoms with Gasteiger partial charge in [0.2, 0.25) is 10.0 Å². The van der Waals surface area contributed by atoms with Gasteiger partial charge in [-0.15, -0.1) is 0 Å². The zero-order valence-electron chi connectivity index (χ0n) is 12.9. The molecule has 4 unspecified atom stereocenters. The van der Waals surface area contributed by atoms with Gasteiger partial charge in [0.1, 0.15) is 0 Å². The van der Waals surface area contributed by atoms with Gasteiger partial charge in [0.15, 0.2) is 0 Å². The van der Waals surface area contributed by atoms with Gasteiger partial charge in [-0.3, -0.25) is 0 Å². The Bertz CT molecular complexity index is 368. The van der Waals surface area contributed by atoms with Crippen LogP contribution in [0, 0.1) is 11.8 Å². The summed E-state index contributed by atoms with van der Waals surface area (Å²) in [5.41, 5.74) is 0. The van der Waals surface area contributed by atoms with Crippen molar-refractivity contribution in [1.29, 1.82) is 0 Å². The fourth-order valence-corrected chi connectivity index (χ4v) is 3.74. The van der Waals surface area contributed by atoms with Gasteiger partial charge in [-0.25, -0.2) is 13.1 Å². The first-order valence-corrected chi connectivity index (χ1v) is 9.01. The smallest absolute Gasteiger partial charge is 0.215 e. The van der Waals surface area contributed by atoms with E-state index >= 15 is 0 Å². The van der Waals surface area contributed by atoms with Gasteiger partial charge in [-0.1, -0.05) is 27.7 Å². The van der Waals surface area contributed by atoms with Crippen LogP contribution < -0.4 is 10.0 Å². The molecule has 0 aromatic rings. The monoisotopic (exact) mass is 290 g/mol. The van der Waals surface area contributed by atoms with E-state index in [2.05, 4.69) is 23.9 Å². The van der Waals surface area contributed by atoms with Crippen LogP contribution in [0.5, 0.6) is 0 Å². The highest BCUT2D eigenvalue weighted by molar-refractivity contribution is 7.90. The lowest BCUT2D eigenvalue weighted by Crippen LogP contribution is -2.46. The molecule has 1 aliphatic carbocycles. The SMILES string of the molecule is CC(C)NCC(C)S(=O)(=O)NC1CCC(C)C(C)C1. The summed E-state index contributed by atoms with van der Waals surface area (Å²) in [6, 6.07) is 0.436. The van der Waals surface area contributed by atoms with Gasteiger partial charge >= 0.3 is 0 Å². The van der Waals surface area contributed by atoms with Crippen LogP contribution in [0.2, 0.25) is 0 Å². The molecule has 0 spiro atoms. The van der Waals surface area contributed by atoms with Crippen LogP contribution in [0.15, 0.2) is 0 Å². The number of hydrogen-bond acceptors (Lipinski definition) is 3. The van der Waals surface area contributed by atoms with Crippen LogP contribution in [-0.4, -0.2) is 32.3 Å². The van der Waals surface area contributed by atoms with E-state index in [1.807, 2.05) is 13.8 Å². The molecule has 0 bridgehead atoms. The van der Waals surface area contributed by atoms with Crippen molar-refractivity contribution in [1.82, 2.24) is 10.0 Å². The average molecular weight is 290 g/mol. The Morgan fingerprint density at radius 3 is 2.26 bits per heavy atom. The van der Waals surface area contributed by atoms with Crippen molar-refractivity contribution in [3.8, 4) is 0 Å². The number of rotatable bonds is 6. The molecule has 1 fully saturated rings. The number of sulfonamides is 1. The van der Waals surface area contributed by atoms with Gasteiger partial charge in [-0.05, 0) is 38.0 Å². The molecular weight excluding hydrogens is 260 g/mol. The van der Waals surface area contributed by atoms with Crippen LogP contribution in [0.25, 0.3) is 0 Å². The second-order valence-electron chi connectivity index (χ2n) is 6.50. The molecule has 0 amide bonds. The minimum Gasteiger partial charge on any atom is -0.313 e. The standard InChI is InChI=1S/C14H30N2O2S/c1-10(2)15-9-13(5)19(17,18)16-14-7-6-11(3)12(4)8-14/h10-16H,6-9H2,1-5H3. The largest absolute Gasteiger partial charge is 0.313 e. The Morgan fingerprint density at radius 2 is 1.74 bits per heavy atom. The third-order valence-corrected chi connectivity index (χ3v) is 6.16. The van der Waals surface area contributed by atoms with Crippen LogP contribution >= 0.6 is 0 Å². The fraction of sp³-hybridized carbons (Fsp3) is 1.00. The maximum Gasteiger partial charge on any atom is 0.215 e. The molecule has 0 heterocycles. The van der Waals surface area contributed by atoms with Crippen LogP contribution in [-0.2, 0) is 10.0 Å². The van der Waals surface area contributed by atoms with E-state index < -0.39 is 10.0 Å². The molecule has 19 heavy (non-hydrogen) atoms. The Labute approximate surface area is 118 Å². The summed E-state index contributed by atoms with van der Waals surface area (Å²) in [4.78, 5) is 0. The van der Waals surface area contributed by atoms with Crippen LogP contribution in [0.1, 0.15) is 53.9 Å². The van der Waals surface area contributed by atoms with E-state index in [1.165, 1.54) is 0 Å². The maximum atomic E-state index is 12.2. The molecule has 1 rings (SSSR count). The molecule has 0 aliphatic heterocycles. The topological polar surface area (TPSA) is 58.2 Å². The summed E-state index contributed by atoms with van der Waals surface area (Å²) in [5, 5.41) is 2.80. The lowest BCUT2D eigenvalue weighted by atomic mass is 9.79. The molecule has 2 N–H and O–H groups in total. The zero-order chi connectivity index (χ0) is 14.6. The minimum absolute atomic E-state index is 0.123. The Morgan fingerprint density at radius 1 is 1.11 bits per heavy atom. The first-order valence-electron chi connectivity index (χ1n) is 7.47. The average Bonchev–Trinajstić information content (AvgIpc) is 2.30. The number of hydrogen-bond donors (Lipinski definition) is 2. The van der Waals surface area contributed by atoms with Gasteiger partial charge in [0, 0.05) is 18.6 Å². The molecule has 4 nitrogen and oxygen atoms in total. The third-order valence-electron chi connectivity index (χ3n) is 4.27. The summed E-state index contributed by atoms with van der Waals surface area (Å²) < 4.78 is 27.4. The van der Waals surface area contributed by atoms with Crippen molar-refractivity contribution < 1.29 is 8.42 Å². The van der Waals surface area contributed by atoms with E-state index in [9.17, 15) is 8.42 Å². The molecule has 114 valence electrons. The zero-order valence-corrected chi connectivity index (χ0v) is 13.8. The molecule has 0 saturated heterocycles. The lowest BCUT2D eigenvalue weighted by molar-refractivity contribution is 0.241. The molecule has 0 aromatic heterocycles. The summed E-state index contributed by atoms with van der Waals surface area (Å²) in [6.07, 6.45) is 3.05. The highest BCUT2D eigenvalue weighted by Crippen LogP contribution is 2.29. The van der Waals surface area contributed by atoms with Crippen molar-refractivity contribution in [2.24, 2.45) is 11.8 Å².